The molecule has 10 atom stereocenters. The number of amides is 1. The third-order valence-corrected chi connectivity index (χ3v) is 9.83. The number of pyridine rings is 1. The monoisotopic (exact) mass is 709 g/mol. The van der Waals surface area contributed by atoms with Crippen LogP contribution in [0.2, 0.25) is 0 Å². The number of aliphatic hydroxyl groups excluding tert-OH is 4. The van der Waals surface area contributed by atoms with Gasteiger partial charge < -0.3 is 54.5 Å². The maximum atomic E-state index is 12.3. The van der Waals surface area contributed by atoms with Crippen molar-refractivity contribution < 1.29 is 101 Å². The van der Waals surface area contributed by atoms with E-state index in [0.29, 0.717) is 11.2 Å². The Morgan fingerprint density at radius 2 is 1.62 bits per heavy atom. The molecule has 1 amide bonds. The van der Waals surface area contributed by atoms with Crippen molar-refractivity contribution in [2.24, 2.45) is 5.73 Å². The summed E-state index contributed by atoms with van der Waals surface area (Å²) in [5.74, 6) is -0.776. The van der Waals surface area contributed by atoms with E-state index in [1.165, 1.54) is 52.5 Å². The van der Waals surface area contributed by atoms with E-state index in [9.17, 15) is 44.1 Å². The van der Waals surface area contributed by atoms with Gasteiger partial charge in [-0.3, -0.25) is 22.9 Å². The van der Waals surface area contributed by atoms with Crippen LogP contribution in [0.5, 0.6) is 0 Å². The summed E-state index contributed by atoms with van der Waals surface area (Å²) in [6.07, 6.45) is -3.59. The summed E-state index contributed by atoms with van der Waals surface area (Å²) in [4.78, 5) is 48.8. The van der Waals surface area contributed by atoms with Crippen LogP contribution in [0, 0.1) is 0 Å². The van der Waals surface area contributed by atoms with Gasteiger partial charge in [-0.2, -0.15) is 4.57 Å². The van der Waals surface area contributed by atoms with E-state index in [0.717, 1.165) is 0 Å². The zero-order valence-electron chi connectivity index (χ0n) is 24.2. The van der Waals surface area contributed by atoms with Gasteiger partial charge in [-0.25, -0.2) is 19.3 Å². The van der Waals surface area contributed by atoms with Crippen LogP contribution in [-0.2, 0) is 32.0 Å². The Morgan fingerprint density at radius 3 is 2.30 bits per heavy atom. The van der Waals surface area contributed by atoms with Crippen molar-refractivity contribution in [3.63, 3.8) is 0 Å². The number of carbonyl (C=O) groups excluding carboxylic acids is 1. The number of rotatable bonds is 11. The Bertz CT molecular complexity index is 1860. The maximum absolute atomic E-state index is 12.3. The molecule has 248 valence electrons. The molecular formula is C23H26N7NaO14P2. The van der Waals surface area contributed by atoms with E-state index in [1.54, 1.807) is 10.6 Å². The first kappa shape index (κ1) is 36.0. The Labute approximate surface area is 285 Å². The number of aromatic nitrogens is 6. The number of imidazole rings is 2. The van der Waals surface area contributed by atoms with Crippen LogP contribution in [0.4, 0.5) is 0 Å². The molecule has 0 bridgehead atoms. The fourth-order valence-corrected chi connectivity index (χ4v) is 7.05. The number of ether oxygens (including phenoxy) is 2. The van der Waals surface area contributed by atoms with Crippen LogP contribution < -0.4 is 49.6 Å². The van der Waals surface area contributed by atoms with Crippen LogP contribution in [0.3, 0.4) is 0 Å². The first-order valence-electron chi connectivity index (χ1n) is 13.4. The van der Waals surface area contributed by atoms with Gasteiger partial charge in [0.2, 0.25) is 0 Å². The molecule has 24 heteroatoms. The molecule has 0 spiro atoms. The van der Waals surface area contributed by atoms with Crippen molar-refractivity contribution in [3.8, 4) is 0 Å². The molecule has 4 aromatic rings. The number of hydrogen-bond acceptors (Lipinski definition) is 17. The predicted octanol–water partition coefficient (Wildman–Crippen LogP) is -6.61. The molecule has 6 N–H and O–H groups in total. The summed E-state index contributed by atoms with van der Waals surface area (Å²) in [5, 5.41) is 41.8. The summed E-state index contributed by atoms with van der Waals surface area (Å²) in [5.41, 5.74) is 6.36. The minimum atomic E-state index is -5.68. The molecule has 0 saturated carbocycles. The van der Waals surface area contributed by atoms with E-state index >= 15 is 0 Å². The van der Waals surface area contributed by atoms with Gasteiger partial charge in [-0.1, -0.05) is 0 Å². The van der Waals surface area contributed by atoms with E-state index < -0.39 is 83.8 Å². The smallest absolute Gasteiger partial charge is 0.756 e. The number of fused-ring (bicyclic) bond motifs is 3. The fourth-order valence-electron chi connectivity index (χ4n) is 5.04. The second-order valence-electron chi connectivity index (χ2n) is 10.3. The zero-order valence-corrected chi connectivity index (χ0v) is 28.0. The molecule has 6 heterocycles. The van der Waals surface area contributed by atoms with Gasteiger partial charge in [0.1, 0.15) is 42.4 Å². The normalized spacial score (nSPS) is 30.3. The molecule has 4 aromatic heterocycles. The van der Waals surface area contributed by atoms with Crippen molar-refractivity contribution in [2.75, 3.05) is 13.2 Å². The maximum Gasteiger partial charge on any atom is 1.00 e. The van der Waals surface area contributed by atoms with E-state index in [2.05, 4.69) is 28.3 Å². The van der Waals surface area contributed by atoms with Crippen LogP contribution >= 0.6 is 15.6 Å². The molecule has 47 heavy (non-hydrogen) atoms. The molecule has 2 fully saturated rings. The number of nitrogens with two attached hydrogens (primary N) is 1. The Hall–Kier alpha value is -2.27. The van der Waals surface area contributed by atoms with Gasteiger partial charge >= 0.3 is 29.6 Å². The Kier molecular flexibility index (Phi) is 10.7. The third-order valence-electron chi connectivity index (χ3n) is 7.30. The van der Waals surface area contributed by atoms with Gasteiger partial charge in [0.05, 0.1) is 19.5 Å². The number of primary amides is 1. The topological polar surface area (TPSA) is 302 Å². The van der Waals surface area contributed by atoms with Crippen molar-refractivity contribution in [3.05, 3.63) is 55.1 Å². The summed E-state index contributed by atoms with van der Waals surface area (Å²) >= 11 is 0. The Balaban J connectivity index is 0.00000433. The summed E-state index contributed by atoms with van der Waals surface area (Å²) < 4.78 is 53.1. The van der Waals surface area contributed by atoms with E-state index in [4.69, 9.17) is 15.2 Å². The van der Waals surface area contributed by atoms with Crippen molar-refractivity contribution >= 4 is 38.4 Å². The van der Waals surface area contributed by atoms with E-state index in [-0.39, 0.29) is 40.8 Å². The Morgan fingerprint density at radius 1 is 0.957 bits per heavy atom. The average Bonchev–Trinajstić information content (AvgIpc) is 3.77. The van der Waals surface area contributed by atoms with Crippen LogP contribution in [-0.4, -0.2) is 100 Å². The van der Waals surface area contributed by atoms with E-state index in [1.807, 2.05) is 0 Å². The van der Waals surface area contributed by atoms with Crippen molar-refractivity contribution in [1.82, 2.24) is 23.9 Å². The molecule has 0 aliphatic carbocycles. The third kappa shape index (κ3) is 7.36. The molecule has 6 rings (SSSR count). The van der Waals surface area contributed by atoms with Gasteiger partial charge in [-0.15, -0.1) is 0 Å². The van der Waals surface area contributed by atoms with Crippen LogP contribution in [0.25, 0.3) is 16.8 Å². The number of aliphatic hydroxyl groups is 4. The molecule has 2 aliphatic heterocycles. The van der Waals surface area contributed by atoms with Crippen molar-refractivity contribution in [2.45, 2.75) is 49.1 Å². The zero-order chi connectivity index (χ0) is 33.0. The van der Waals surface area contributed by atoms with Crippen molar-refractivity contribution in [1.29, 1.82) is 0 Å². The SMILES string of the molecule is NC(=O)c1ccc[n+]([C@@H]2O[C@H](COP(=O)([O-])OP(=O)([O-])OC[C@H]3O[C@@H](n4cnc5c4ncn4ccnc54)[C@H](O)[C@@H]3O)[C@@H](O)[C@H]2O)c1.[Na+]. The summed E-state index contributed by atoms with van der Waals surface area (Å²) in [6, 6.07) is 2.81. The first-order valence-corrected chi connectivity index (χ1v) is 16.3. The number of carbonyl (C=O) groups is 1. The second kappa shape index (κ2) is 13.9. The quantitative estimate of drug-likeness (QED) is 0.0549. The largest absolute Gasteiger partial charge is 1.00 e. The number of phosphoric acid groups is 2. The predicted molar refractivity (Wildman–Crippen MR) is 141 cm³/mol. The molecule has 2 saturated heterocycles. The molecule has 2 aliphatic rings. The minimum absolute atomic E-state index is 0. The molecule has 0 aromatic carbocycles. The molecule has 2 unspecified atom stereocenters. The first-order chi connectivity index (χ1) is 21.7. The van der Waals surface area contributed by atoms with Gasteiger partial charge in [0.25, 0.3) is 27.8 Å². The molecular weight excluding hydrogens is 683 g/mol. The van der Waals surface area contributed by atoms with Gasteiger partial charge in [0, 0.05) is 18.5 Å². The second-order valence-corrected chi connectivity index (χ2v) is 13.2. The van der Waals surface area contributed by atoms with Crippen LogP contribution in [0.15, 0.2) is 49.6 Å². The minimum Gasteiger partial charge on any atom is -0.756 e. The number of nitrogens with zero attached hydrogens (tertiary/aromatic N) is 6. The average molecular weight is 709 g/mol. The standard InChI is InChI=1S/C23H27N7O14P2.Na/c24-19(35)11-2-1-4-28(6-11)22-17(33)15(31)12(42-22)7-40-45(36,37)44-46(38,39)41-8-13-16(32)18(34)23(43-13)30-10-26-14-20-25-3-5-29(20)9-27-21(14)30;/h1-6,9-10,12-13,15-18,22-23,31-34H,7-8H2,(H3-,24,35,36,37,38,39);/q;+1/p-1/t12-,13-,15-,16-,17-,18-,22-,23-;/m1./s1. The fraction of sp³-hybridized carbons (Fsp3) is 0.435. The summed E-state index contributed by atoms with van der Waals surface area (Å²) in [7, 11) is -11.4. The molecule has 21 nitrogen and oxygen atoms in total. The molecule has 0 radical (unpaired) electrons. The van der Waals surface area contributed by atoms with Crippen LogP contribution in [0.1, 0.15) is 22.8 Å². The number of phosphoric ester groups is 2. The van der Waals surface area contributed by atoms with Gasteiger partial charge in [0.15, 0.2) is 41.5 Å². The number of hydrogen-bond donors (Lipinski definition) is 5. The van der Waals surface area contributed by atoms with Gasteiger partial charge in [-0.05, 0) is 6.07 Å². The summed E-state index contributed by atoms with van der Waals surface area (Å²) in [6.45, 7) is -1.96.